The highest BCUT2D eigenvalue weighted by Gasteiger charge is 2.13. The molecule has 0 fully saturated rings. The Kier molecular flexibility index (Phi) is 3.36. The van der Waals surface area contributed by atoms with Crippen molar-refractivity contribution in [1.82, 2.24) is 4.98 Å². The Labute approximate surface area is 125 Å². The van der Waals surface area contributed by atoms with Gasteiger partial charge in [-0.25, -0.2) is 0 Å². The van der Waals surface area contributed by atoms with Gasteiger partial charge in [0.15, 0.2) is 5.78 Å². The van der Waals surface area contributed by atoms with E-state index in [4.69, 9.17) is 0 Å². The Bertz CT molecular complexity index is 806. The Balaban J connectivity index is 2.15. The van der Waals surface area contributed by atoms with Gasteiger partial charge in [-0.15, -0.1) is 0 Å². The van der Waals surface area contributed by atoms with Gasteiger partial charge in [0.25, 0.3) is 0 Å². The van der Waals surface area contributed by atoms with Crippen LogP contribution in [0, 0.1) is 6.92 Å². The summed E-state index contributed by atoms with van der Waals surface area (Å²) in [5, 5.41) is 0.886. The van der Waals surface area contributed by atoms with E-state index in [0.717, 1.165) is 20.9 Å². The number of rotatable bonds is 2. The molecule has 0 aliphatic carbocycles. The fourth-order valence-electron chi connectivity index (χ4n) is 2.19. The predicted octanol–water partition coefficient (Wildman–Crippen LogP) is 4.54. The third kappa shape index (κ3) is 2.25. The number of fused-ring (bicyclic) bond motifs is 1. The maximum absolute atomic E-state index is 12.7. The zero-order valence-corrected chi connectivity index (χ0v) is 12.5. The lowest BCUT2D eigenvalue weighted by Crippen LogP contribution is -2.02. The van der Waals surface area contributed by atoms with E-state index < -0.39 is 0 Å². The molecule has 1 aromatic heterocycles. The van der Waals surface area contributed by atoms with Crippen molar-refractivity contribution >= 4 is 32.6 Å². The largest absolute Gasteiger partial charge is 0.289 e. The van der Waals surface area contributed by atoms with Gasteiger partial charge in [-0.3, -0.25) is 9.78 Å². The van der Waals surface area contributed by atoms with E-state index in [-0.39, 0.29) is 5.78 Å². The Hall–Kier alpha value is -2.00. The molecule has 0 unspecified atom stereocenters. The molecule has 0 aliphatic heterocycles. The first-order valence-electron chi connectivity index (χ1n) is 6.31. The molecule has 0 saturated carbocycles. The zero-order valence-electron chi connectivity index (χ0n) is 10.9. The van der Waals surface area contributed by atoms with Crippen LogP contribution in [-0.4, -0.2) is 10.8 Å². The number of pyridine rings is 1. The number of aromatic nitrogens is 1. The Morgan fingerprint density at radius 2 is 1.95 bits per heavy atom. The number of ketones is 1. The molecule has 3 rings (SSSR count). The number of aryl methyl sites for hydroxylation is 1. The number of nitrogens with zero attached hydrogens (tertiary/aromatic N) is 1. The average Bonchev–Trinajstić information content (AvgIpc) is 2.49. The average molecular weight is 326 g/mol. The van der Waals surface area contributed by atoms with Crippen LogP contribution in [-0.2, 0) is 0 Å². The standard InChI is InChI=1S/C17H12BrNO/c1-11-7-8-12(10-15(11)18)17(20)14-4-2-6-16-13(14)5-3-9-19-16/h2-10H,1H3. The number of carbonyl (C=O) groups is 1. The van der Waals surface area contributed by atoms with Gasteiger partial charge in [0.1, 0.15) is 0 Å². The van der Waals surface area contributed by atoms with Crippen molar-refractivity contribution in [3.8, 4) is 0 Å². The lowest BCUT2D eigenvalue weighted by atomic mass is 9.98. The molecule has 98 valence electrons. The molecule has 0 radical (unpaired) electrons. The van der Waals surface area contributed by atoms with E-state index in [1.807, 2.05) is 55.5 Å². The van der Waals surface area contributed by atoms with E-state index >= 15 is 0 Å². The molecular formula is C17H12BrNO. The molecule has 2 nitrogen and oxygen atoms in total. The Morgan fingerprint density at radius 3 is 2.75 bits per heavy atom. The van der Waals surface area contributed by atoms with Crippen LogP contribution in [0.1, 0.15) is 21.5 Å². The minimum atomic E-state index is 0.0179. The molecule has 3 aromatic rings. The molecular weight excluding hydrogens is 314 g/mol. The molecule has 0 amide bonds. The normalized spacial score (nSPS) is 10.7. The van der Waals surface area contributed by atoms with Gasteiger partial charge in [0.2, 0.25) is 0 Å². The summed E-state index contributed by atoms with van der Waals surface area (Å²) in [7, 11) is 0. The van der Waals surface area contributed by atoms with Crippen LogP contribution < -0.4 is 0 Å². The molecule has 1 heterocycles. The molecule has 20 heavy (non-hydrogen) atoms. The van der Waals surface area contributed by atoms with Crippen LogP contribution >= 0.6 is 15.9 Å². The second kappa shape index (κ2) is 5.17. The van der Waals surface area contributed by atoms with Crippen molar-refractivity contribution < 1.29 is 4.79 Å². The molecule has 0 aliphatic rings. The molecule has 0 spiro atoms. The van der Waals surface area contributed by atoms with Crippen LogP contribution in [0.15, 0.2) is 59.2 Å². The monoisotopic (exact) mass is 325 g/mol. The molecule has 0 saturated heterocycles. The Morgan fingerprint density at radius 1 is 1.10 bits per heavy atom. The van der Waals surface area contributed by atoms with Crippen molar-refractivity contribution in [2.75, 3.05) is 0 Å². The van der Waals surface area contributed by atoms with Crippen LogP contribution in [0.25, 0.3) is 10.9 Å². The summed E-state index contributed by atoms with van der Waals surface area (Å²) < 4.78 is 0.946. The van der Waals surface area contributed by atoms with E-state index in [9.17, 15) is 4.79 Å². The summed E-state index contributed by atoms with van der Waals surface area (Å²) >= 11 is 3.47. The molecule has 0 atom stereocenters. The smallest absolute Gasteiger partial charge is 0.193 e. The SMILES string of the molecule is Cc1ccc(C(=O)c2cccc3ncccc23)cc1Br. The first-order valence-corrected chi connectivity index (χ1v) is 7.11. The minimum Gasteiger partial charge on any atom is -0.289 e. The van der Waals surface area contributed by atoms with Crippen molar-refractivity contribution in [2.24, 2.45) is 0 Å². The van der Waals surface area contributed by atoms with Gasteiger partial charge in [-0.05, 0) is 30.7 Å². The lowest BCUT2D eigenvalue weighted by Gasteiger charge is -2.06. The quantitative estimate of drug-likeness (QED) is 0.647. The van der Waals surface area contributed by atoms with Gasteiger partial charge in [-0.1, -0.05) is 46.3 Å². The first-order chi connectivity index (χ1) is 9.66. The summed E-state index contributed by atoms with van der Waals surface area (Å²) in [5.74, 6) is 0.0179. The van der Waals surface area contributed by atoms with Crippen molar-refractivity contribution in [2.45, 2.75) is 6.92 Å². The number of hydrogen-bond donors (Lipinski definition) is 0. The highest BCUT2D eigenvalue weighted by molar-refractivity contribution is 9.10. The van der Waals surface area contributed by atoms with E-state index in [2.05, 4.69) is 20.9 Å². The number of carbonyl (C=O) groups excluding carboxylic acids is 1. The number of hydrogen-bond acceptors (Lipinski definition) is 2. The van der Waals surface area contributed by atoms with E-state index in [1.54, 1.807) is 6.20 Å². The fourth-order valence-corrected chi connectivity index (χ4v) is 2.57. The summed E-state index contributed by atoms with van der Waals surface area (Å²) in [6.45, 7) is 2.00. The van der Waals surface area contributed by atoms with Gasteiger partial charge in [-0.2, -0.15) is 0 Å². The number of benzene rings is 2. The van der Waals surface area contributed by atoms with Crippen LogP contribution in [0.5, 0.6) is 0 Å². The second-order valence-electron chi connectivity index (χ2n) is 4.67. The zero-order chi connectivity index (χ0) is 14.1. The van der Waals surface area contributed by atoms with Crippen molar-refractivity contribution in [1.29, 1.82) is 0 Å². The molecule has 3 heteroatoms. The van der Waals surface area contributed by atoms with E-state index in [0.29, 0.717) is 11.1 Å². The highest BCUT2D eigenvalue weighted by atomic mass is 79.9. The summed E-state index contributed by atoms with van der Waals surface area (Å²) in [6.07, 6.45) is 1.74. The topological polar surface area (TPSA) is 30.0 Å². The third-order valence-corrected chi connectivity index (χ3v) is 4.18. The highest BCUT2D eigenvalue weighted by Crippen LogP contribution is 2.23. The summed E-state index contributed by atoms with van der Waals surface area (Å²) in [6, 6.07) is 15.1. The first kappa shape index (κ1) is 13.0. The minimum absolute atomic E-state index is 0.0179. The van der Waals surface area contributed by atoms with Gasteiger partial charge in [0.05, 0.1) is 5.52 Å². The fraction of sp³-hybridized carbons (Fsp3) is 0.0588. The maximum Gasteiger partial charge on any atom is 0.193 e. The lowest BCUT2D eigenvalue weighted by molar-refractivity contribution is 0.104. The molecule has 0 bridgehead atoms. The predicted molar refractivity (Wildman–Crippen MR) is 84.1 cm³/mol. The molecule has 2 aromatic carbocycles. The van der Waals surface area contributed by atoms with Crippen LogP contribution in [0.4, 0.5) is 0 Å². The van der Waals surface area contributed by atoms with Crippen LogP contribution in [0.2, 0.25) is 0 Å². The summed E-state index contributed by atoms with van der Waals surface area (Å²) in [4.78, 5) is 17.0. The summed E-state index contributed by atoms with van der Waals surface area (Å²) in [5.41, 5.74) is 3.32. The van der Waals surface area contributed by atoms with Crippen molar-refractivity contribution in [3.05, 3.63) is 75.9 Å². The third-order valence-electron chi connectivity index (χ3n) is 3.32. The van der Waals surface area contributed by atoms with Gasteiger partial charge >= 0.3 is 0 Å². The van der Waals surface area contributed by atoms with Gasteiger partial charge in [0, 0.05) is 27.2 Å². The molecule has 0 N–H and O–H groups in total. The van der Waals surface area contributed by atoms with Crippen molar-refractivity contribution in [3.63, 3.8) is 0 Å². The van der Waals surface area contributed by atoms with E-state index in [1.165, 1.54) is 0 Å². The maximum atomic E-state index is 12.7. The van der Waals surface area contributed by atoms with Crippen LogP contribution in [0.3, 0.4) is 0 Å². The second-order valence-corrected chi connectivity index (χ2v) is 5.52. The number of halogens is 1. The van der Waals surface area contributed by atoms with Gasteiger partial charge < -0.3 is 0 Å².